The highest BCUT2D eigenvalue weighted by Gasteiger charge is 2.31. The third kappa shape index (κ3) is 2.43. The quantitative estimate of drug-likeness (QED) is 0.898. The van der Waals surface area contributed by atoms with Crippen LogP contribution in [-0.2, 0) is 4.79 Å². The Balaban J connectivity index is 2.20. The third-order valence-corrected chi connectivity index (χ3v) is 3.76. The zero-order chi connectivity index (χ0) is 13.3. The molecule has 18 heavy (non-hydrogen) atoms. The molecule has 2 unspecified atom stereocenters. The molecule has 2 rings (SSSR count). The summed E-state index contributed by atoms with van der Waals surface area (Å²) < 4.78 is 13.9. The van der Waals surface area contributed by atoms with E-state index in [0.29, 0.717) is 25.1 Å². The number of carboxylic acid groups (broad SMARTS) is 1. The lowest BCUT2D eigenvalue weighted by Gasteiger charge is -2.38. The molecule has 1 saturated heterocycles. The van der Waals surface area contributed by atoms with Gasteiger partial charge in [0.15, 0.2) is 5.82 Å². The number of piperidine rings is 1. The fourth-order valence-corrected chi connectivity index (χ4v) is 2.64. The lowest BCUT2D eigenvalue weighted by Crippen LogP contribution is -2.43. The molecule has 1 aliphatic heterocycles. The largest absolute Gasteiger partial charge is 0.481 e. The van der Waals surface area contributed by atoms with Gasteiger partial charge in [-0.25, -0.2) is 4.39 Å². The lowest BCUT2D eigenvalue weighted by atomic mass is 9.91. The van der Waals surface area contributed by atoms with Crippen LogP contribution < -0.4 is 4.90 Å². The minimum Gasteiger partial charge on any atom is -0.481 e. The summed E-state index contributed by atoms with van der Waals surface area (Å²) in [6, 6.07) is 4.89. The zero-order valence-electron chi connectivity index (χ0n) is 10.1. The molecule has 5 heteroatoms. The van der Waals surface area contributed by atoms with Crippen molar-refractivity contribution in [3.63, 3.8) is 0 Å². The molecule has 1 fully saturated rings. The predicted molar refractivity (Wildman–Crippen MR) is 68.6 cm³/mol. The number of nitrogens with zero attached hydrogens (tertiary/aromatic N) is 1. The van der Waals surface area contributed by atoms with Crippen molar-refractivity contribution in [2.24, 2.45) is 5.92 Å². The number of rotatable bonds is 2. The number of aliphatic carboxylic acids is 1. The lowest BCUT2D eigenvalue weighted by molar-refractivity contribution is -0.142. The van der Waals surface area contributed by atoms with Crippen molar-refractivity contribution in [3.8, 4) is 0 Å². The van der Waals surface area contributed by atoms with E-state index in [1.807, 2.05) is 11.8 Å². The standard InChI is InChI=1S/C13H15ClFNO2/c1-8-7-9(13(17)18)5-6-16(8)11-4-2-3-10(14)12(11)15/h2-4,8-9H,5-7H2,1H3,(H,17,18). The molecule has 0 radical (unpaired) electrons. The van der Waals surface area contributed by atoms with Gasteiger partial charge in [0.25, 0.3) is 0 Å². The predicted octanol–water partition coefficient (Wildman–Crippen LogP) is 3.17. The molecular formula is C13H15ClFNO2. The maximum Gasteiger partial charge on any atom is 0.306 e. The molecule has 0 bridgehead atoms. The number of hydrogen-bond donors (Lipinski definition) is 1. The van der Waals surface area contributed by atoms with E-state index in [1.54, 1.807) is 12.1 Å². The highest BCUT2D eigenvalue weighted by molar-refractivity contribution is 6.31. The number of halogens is 2. The number of hydrogen-bond acceptors (Lipinski definition) is 2. The molecule has 1 aliphatic rings. The molecule has 0 amide bonds. The van der Waals surface area contributed by atoms with Crippen LogP contribution in [0.25, 0.3) is 0 Å². The third-order valence-electron chi connectivity index (χ3n) is 3.47. The maximum absolute atomic E-state index is 13.9. The summed E-state index contributed by atoms with van der Waals surface area (Å²) in [6.07, 6.45) is 1.06. The Morgan fingerprint density at radius 2 is 2.28 bits per heavy atom. The van der Waals surface area contributed by atoms with Gasteiger partial charge < -0.3 is 10.0 Å². The minimum absolute atomic E-state index is 0.00665. The van der Waals surface area contributed by atoms with Crippen molar-refractivity contribution in [1.82, 2.24) is 0 Å². The van der Waals surface area contributed by atoms with E-state index in [-0.39, 0.29) is 17.0 Å². The normalized spacial score (nSPS) is 24.1. The van der Waals surface area contributed by atoms with Gasteiger partial charge in [-0.2, -0.15) is 0 Å². The van der Waals surface area contributed by atoms with Gasteiger partial charge >= 0.3 is 5.97 Å². The van der Waals surface area contributed by atoms with Gasteiger partial charge in [0.05, 0.1) is 16.6 Å². The maximum atomic E-state index is 13.9. The summed E-state index contributed by atoms with van der Waals surface area (Å²) in [6.45, 7) is 2.45. The van der Waals surface area contributed by atoms with Crippen LogP contribution >= 0.6 is 11.6 Å². The van der Waals surface area contributed by atoms with E-state index in [9.17, 15) is 9.18 Å². The molecule has 3 nitrogen and oxygen atoms in total. The Morgan fingerprint density at radius 1 is 1.56 bits per heavy atom. The van der Waals surface area contributed by atoms with E-state index in [0.717, 1.165) is 0 Å². The molecular weight excluding hydrogens is 257 g/mol. The van der Waals surface area contributed by atoms with Gasteiger partial charge in [-0.3, -0.25) is 4.79 Å². The number of benzene rings is 1. The fraction of sp³-hybridized carbons (Fsp3) is 0.462. The highest BCUT2D eigenvalue weighted by Crippen LogP contribution is 2.32. The number of carbonyl (C=O) groups is 1. The van der Waals surface area contributed by atoms with Crippen LogP contribution in [0.5, 0.6) is 0 Å². The first kappa shape index (κ1) is 13.1. The van der Waals surface area contributed by atoms with Crippen LogP contribution in [0, 0.1) is 11.7 Å². The Morgan fingerprint density at radius 3 is 2.89 bits per heavy atom. The molecule has 1 aromatic rings. The van der Waals surface area contributed by atoms with E-state index < -0.39 is 11.8 Å². The van der Waals surface area contributed by atoms with Gasteiger partial charge in [0.2, 0.25) is 0 Å². The van der Waals surface area contributed by atoms with Crippen molar-refractivity contribution in [2.45, 2.75) is 25.8 Å². The van der Waals surface area contributed by atoms with Crippen molar-refractivity contribution in [1.29, 1.82) is 0 Å². The summed E-state index contributed by atoms with van der Waals surface area (Å²) in [5.74, 6) is -1.54. The molecule has 0 aromatic heterocycles. The first-order valence-corrected chi connectivity index (χ1v) is 6.32. The molecule has 1 aromatic carbocycles. The average molecular weight is 272 g/mol. The molecule has 1 heterocycles. The van der Waals surface area contributed by atoms with E-state index in [2.05, 4.69) is 0 Å². The molecule has 0 aliphatic carbocycles. The molecule has 0 spiro atoms. The van der Waals surface area contributed by atoms with E-state index in [4.69, 9.17) is 16.7 Å². The van der Waals surface area contributed by atoms with Crippen LogP contribution in [-0.4, -0.2) is 23.7 Å². The van der Waals surface area contributed by atoms with Crippen LogP contribution in [0.4, 0.5) is 10.1 Å². The minimum atomic E-state index is -0.770. The SMILES string of the molecule is CC1CC(C(=O)O)CCN1c1cccc(Cl)c1F. The smallest absolute Gasteiger partial charge is 0.306 e. The van der Waals surface area contributed by atoms with Gasteiger partial charge in [-0.15, -0.1) is 0 Å². The molecule has 1 N–H and O–H groups in total. The molecule has 0 saturated carbocycles. The van der Waals surface area contributed by atoms with Crippen LogP contribution in [0.2, 0.25) is 5.02 Å². The second-order valence-electron chi connectivity index (χ2n) is 4.67. The molecule has 2 atom stereocenters. The summed E-state index contributed by atoms with van der Waals surface area (Å²) in [5.41, 5.74) is 0.457. The van der Waals surface area contributed by atoms with Crippen molar-refractivity contribution >= 4 is 23.3 Å². The first-order chi connectivity index (χ1) is 8.50. The number of carboxylic acids is 1. The second-order valence-corrected chi connectivity index (χ2v) is 5.08. The summed E-state index contributed by atoms with van der Waals surface area (Å²) in [7, 11) is 0. The second kappa shape index (κ2) is 5.14. The van der Waals surface area contributed by atoms with E-state index >= 15 is 0 Å². The van der Waals surface area contributed by atoms with Crippen LogP contribution in [0.3, 0.4) is 0 Å². The summed E-state index contributed by atoms with van der Waals surface area (Å²) >= 11 is 5.76. The van der Waals surface area contributed by atoms with Gasteiger partial charge in [0, 0.05) is 12.6 Å². The monoisotopic (exact) mass is 271 g/mol. The van der Waals surface area contributed by atoms with Crippen molar-refractivity contribution < 1.29 is 14.3 Å². The first-order valence-electron chi connectivity index (χ1n) is 5.94. The van der Waals surface area contributed by atoms with Crippen molar-refractivity contribution in [3.05, 3.63) is 29.0 Å². The van der Waals surface area contributed by atoms with Gasteiger partial charge in [-0.1, -0.05) is 17.7 Å². The number of anilines is 1. The van der Waals surface area contributed by atoms with Crippen LogP contribution in [0.1, 0.15) is 19.8 Å². The van der Waals surface area contributed by atoms with Gasteiger partial charge in [-0.05, 0) is 31.9 Å². The summed E-state index contributed by atoms with van der Waals surface area (Å²) in [4.78, 5) is 12.8. The fourth-order valence-electron chi connectivity index (χ4n) is 2.47. The average Bonchev–Trinajstić information content (AvgIpc) is 2.33. The highest BCUT2D eigenvalue weighted by atomic mass is 35.5. The Kier molecular flexibility index (Phi) is 3.76. The Bertz CT molecular complexity index is 466. The Labute approximate surface area is 110 Å². The van der Waals surface area contributed by atoms with Crippen molar-refractivity contribution in [2.75, 3.05) is 11.4 Å². The topological polar surface area (TPSA) is 40.5 Å². The van der Waals surface area contributed by atoms with Crippen LogP contribution in [0.15, 0.2) is 18.2 Å². The molecule has 98 valence electrons. The van der Waals surface area contributed by atoms with Gasteiger partial charge in [0.1, 0.15) is 0 Å². The van der Waals surface area contributed by atoms with E-state index in [1.165, 1.54) is 6.07 Å². The zero-order valence-corrected chi connectivity index (χ0v) is 10.8. The summed E-state index contributed by atoms with van der Waals surface area (Å²) in [5, 5.41) is 9.10. The Hall–Kier alpha value is -1.29.